The van der Waals surface area contributed by atoms with Gasteiger partial charge >= 0.3 is 0 Å². The molecular weight excluding hydrogens is 378 g/mol. The molecule has 4 rings (SSSR count). The van der Waals surface area contributed by atoms with Gasteiger partial charge in [0.25, 0.3) is 0 Å². The quantitative estimate of drug-likeness (QED) is 0.618. The zero-order chi connectivity index (χ0) is 20.4. The molecule has 0 radical (unpaired) electrons. The van der Waals surface area contributed by atoms with Gasteiger partial charge in [-0.05, 0) is 57.1 Å². The van der Waals surface area contributed by atoms with Crippen molar-refractivity contribution >= 4 is 23.5 Å². The number of unbranched alkanes of at least 4 members (excludes halogenated alkanes) is 1. The van der Waals surface area contributed by atoms with Crippen molar-refractivity contribution in [2.24, 2.45) is 11.8 Å². The lowest BCUT2D eigenvalue weighted by Crippen LogP contribution is -2.28. The minimum absolute atomic E-state index is 0.139. The van der Waals surface area contributed by atoms with Crippen molar-refractivity contribution < 1.29 is 4.79 Å². The zero-order valence-corrected chi connectivity index (χ0v) is 18.8. The number of hydrogen-bond donors (Lipinski definition) is 1. The van der Waals surface area contributed by atoms with Crippen LogP contribution >= 0.6 is 11.8 Å². The number of aromatic nitrogens is 2. The van der Waals surface area contributed by atoms with Crippen LogP contribution in [0.4, 0.5) is 5.82 Å². The molecule has 0 unspecified atom stereocenters. The topological polar surface area (TPSA) is 46.9 Å². The van der Waals surface area contributed by atoms with E-state index in [1.807, 2.05) is 16.4 Å². The molecule has 0 spiro atoms. The molecule has 1 N–H and O–H groups in total. The summed E-state index contributed by atoms with van der Waals surface area (Å²) in [5, 5.41) is 8.18. The van der Waals surface area contributed by atoms with Gasteiger partial charge in [0, 0.05) is 23.0 Å². The molecule has 1 aromatic carbocycles. The Hall–Kier alpha value is -1.75. The highest BCUT2D eigenvalue weighted by molar-refractivity contribution is 7.98. The predicted molar refractivity (Wildman–Crippen MR) is 122 cm³/mol. The largest absolute Gasteiger partial charge is 0.310 e. The second-order valence-electron chi connectivity index (χ2n) is 8.82. The molecule has 29 heavy (non-hydrogen) atoms. The smallest absolute Gasteiger partial charge is 0.228 e. The maximum Gasteiger partial charge on any atom is 0.228 e. The van der Waals surface area contributed by atoms with Gasteiger partial charge in [-0.3, -0.25) is 4.79 Å². The Morgan fingerprint density at radius 1 is 1.21 bits per heavy atom. The number of rotatable bonds is 6. The highest BCUT2D eigenvalue weighted by atomic mass is 32.2. The van der Waals surface area contributed by atoms with E-state index in [0.29, 0.717) is 0 Å². The van der Waals surface area contributed by atoms with Crippen LogP contribution in [0.25, 0.3) is 5.69 Å². The molecule has 2 aliphatic rings. The van der Waals surface area contributed by atoms with Gasteiger partial charge in [0.1, 0.15) is 5.82 Å². The minimum atomic E-state index is 0.139. The molecule has 156 valence electrons. The van der Waals surface area contributed by atoms with Crippen LogP contribution in [0.2, 0.25) is 0 Å². The Kier molecular flexibility index (Phi) is 6.33. The van der Waals surface area contributed by atoms with E-state index in [1.54, 1.807) is 0 Å². The van der Waals surface area contributed by atoms with Crippen molar-refractivity contribution in [2.45, 2.75) is 77.2 Å². The lowest BCUT2D eigenvalue weighted by atomic mass is 9.79. The highest BCUT2D eigenvalue weighted by Crippen LogP contribution is 2.38. The number of hydrogen-bond acceptors (Lipinski definition) is 3. The monoisotopic (exact) mass is 411 g/mol. The molecule has 1 amide bonds. The molecule has 1 aliphatic heterocycles. The molecule has 5 heteroatoms. The first-order chi connectivity index (χ1) is 14.1. The molecule has 1 fully saturated rings. The van der Waals surface area contributed by atoms with E-state index in [0.717, 1.165) is 47.5 Å². The summed E-state index contributed by atoms with van der Waals surface area (Å²) in [5.41, 5.74) is 5.82. The lowest BCUT2D eigenvalue weighted by molar-refractivity contribution is -0.121. The van der Waals surface area contributed by atoms with Gasteiger partial charge in [-0.2, -0.15) is 16.9 Å². The van der Waals surface area contributed by atoms with Crippen LogP contribution in [0.3, 0.4) is 0 Å². The summed E-state index contributed by atoms with van der Waals surface area (Å²) in [4.78, 5) is 13.1. The Bertz CT molecular complexity index is 880. The van der Waals surface area contributed by atoms with Gasteiger partial charge in [-0.25, -0.2) is 4.68 Å². The summed E-state index contributed by atoms with van der Waals surface area (Å²) in [6.45, 7) is 6.48. The molecule has 0 saturated heterocycles. The summed E-state index contributed by atoms with van der Waals surface area (Å²) >= 11 is 1.88. The molecule has 1 aromatic heterocycles. The zero-order valence-electron chi connectivity index (χ0n) is 18.0. The fraction of sp³-hybridized carbons (Fsp3) is 0.583. The van der Waals surface area contributed by atoms with Crippen molar-refractivity contribution in [3.8, 4) is 5.69 Å². The fourth-order valence-corrected chi connectivity index (χ4v) is 5.82. The molecule has 0 atom stereocenters. The van der Waals surface area contributed by atoms with Crippen molar-refractivity contribution in [3.63, 3.8) is 0 Å². The molecule has 2 heterocycles. The van der Waals surface area contributed by atoms with Crippen molar-refractivity contribution in [3.05, 3.63) is 40.6 Å². The second-order valence-corrected chi connectivity index (χ2v) is 9.80. The number of fused-ring (bicyclic) bond motifs is 1. The average Bonchev–Trinajstić information content (AvgIpc) is 3.29. The van der Waals surface area contributed by atoms with Crippen LogP contribution in [0.5, 0.6) is 0 Å². The predicted octanol–water partition coefficient (Wildman–Crippen LogP) is 6.17. The number of carbonyl (C=O) groups excluding carboxylic acids is 1. The summed E-state index contributed by atoms with van der Waals surface area (Å²) < 4.78 is 1.98. The third-order valence-corrected chi connectivity index (χ3v) is 7.53. The first-order valence-electron chi connectivity index (χ1n) is 11.1. The van der Waals surface area contributed by atoms with Crippen LogP contribution in [0, 0.1) is 25.7 Å². The van der Waals surface area contributed by atoms with Crippen LogP contribution in [0.1, 0.15) is 74.3 Å². The van der Waals surface area contributed by atoms with Gasteiger partial charge in [-0.15, -0.1) is 0 Å². The van der Waals surface area contributed by atoms with E-state index < -0.39 is 0 Å². The number of nitrogens with zero attached hydrogens (tertiary/aromatic N) is 2. The lowest BCUT2D eigenvalue weighted by Gasteiger charge is -2.28. The van der Waals surface area contributed by atoms with Gasteiger partial charge in [0.15, 0.2) is 0 Å². The van der Waals surface area contributed by atoms with E-state index in [9.17, 15) is 4.79 Å². The van der Waals surface area contributed by atoms with Crippen LogP contribution in [0.15, 0.2) is 18.2 Å². The van der Waals surface area contributed by atoms with Gasteiger partial charge in [-0.1, -0.05) is 43.9 Å². The number of anilines is 1. The molecule has 1 aliphatic carbocycles. The maximum atomic E-state index is 13.1. The number of benzene rings is 1. The highest BCUT2D eigenvalue weighted by Gasteiger charge is 2.30. The third-order valence-electron chi connectivity index (χ3n) is 6.56. The normalized spacial score (nSPS) is 21.2. The fourth-order valence-electron chi connectivity index (χ4n) is 4.78. The second kappa shape index (κ2) is 8.95. The van der Waals surface area contributed by atoms with E-state index in [4.69, 9.17) is 5.10 Å². The van der Waals surface area contributed by atoms with E-state index in [2.05, 4.69) is 44.3 Å². The SMILES string of the molecule is CCCCC1CCC(C(=O)Nc2c3c(nn2-c2ccc(C)cc2C)CSC3)CC1. The molecule has 0 bridgehead atoms. The number of nitrogens with one attached hydrogen (secondary N) is 1. The average molecular weight is 412 g/mol. The number of aryl methyl sites for hydroxylation is 2. The van der Waals surface area contributed by atoms with Crippen molar-refractivity contribution in [2.75, 3.05) is 5.32 Å². The summed E-state index contributed by atoms with van der Waals surface area (Å²) in [7, 11) is 0. The Balaban J connectivity index is 1.52. The van der Waals surface area contributed by atoms with Gasteiger partial charge in [0.05, 0.1) is 11.4 Å². The van der Waals surface area contributed by atoms with E-state index >= 15 is 0 Å². The standard InChI is InChI=1S/C24H33N3OS/c1-4-5-6-18-8-10-19(11-9-18)24(28)25-23-20-14-29-15-21(20)26-27(23)22-12-7-16(2)13-17(22)3/h7,12-13,18-19H,4-6,8-11,14-15H2,1-3H3,(H,25,28). The Morgan fingerprint density at radius 3 is 2.72 bits per heavy atom. The first-order valence-corrected chi connectivity index (χ1v) is 12.3. The molecule has 2 aromatic rings. The van der Waals surface area contributed by atoms with Gasteiger partial charge < -0.3 is 5.32 Å². The van der Waals surface area contributed by atoms with E-state index in [1.165, 1.54) is 48.8 Å². The van der Waals surface area contributed by atoms with E-state index in [-0.39, 0.29) is 11.8 Å². The minimum Gasteiger partial charge on any atom is -0.310 e. The number of thioether (sulfide) groups is 1. The number of amides is 1. The summed E-state index contributed by atoms with van der Waals surface area (Å²) in [5.74, 6) is 3.90. The maximum absolute atomic E-state index is 13.1. The van der Waals surface area contributed by atoms with Crippen LogP contribution in [-0.4, -0.2) is 15.7 Å². The van der Waals surface area contributed by atoms with Crippen LogP contribution in [-0.2, 0) is 16.3 Å². The third kappa shape index (κ3) is 4.40. The first kappa shape index (κ1) is 20.5. The van der Waals surface area contributed by atoms with Crippen LogP contribution < -0.4 is 5.32 Å². The molecule has 1 saturated carbocycles. The molecular formula is C24H33N3OS. The Labute approximate surface area is 178 Å². The summed E-state index contributed by atoms with van der Waals surface area (Å²) in [6, 6.07) is 6.42. The van der Waals surface area contributed by atoms with Gasteiger partial charge in [0.2, 0.25) is 5.91 Å². The van der Waals surface area contributed by atoms with Crippen molar-refractivity contribution in [1.29, 1.82) is 0 Å². The molecule has 4 nitrogen and oxygen atoms in total. The number of carbonyl (C=O) groups is 1. The Morgan fingerprint density at radius 2 is 2.00 bits per heavy atom. The summed E-state index contributed by atoms with van der Waals surface area (Å²) in [6.07, 6.45) is 8.36. The van der Waals surface area contributed by atoms with Crippen molar-refractivity contribution in [1.82, 2.24) is 9.78 Å².